The molecule has 1 saturated carbocycles. The Bertz CT molecular complexity index is 741. The van der Waals surface area contributed by atoms with Gasteiger partial charge in [0, 0.05) is 18.3 Å². The van der Waals surface area contributed by atoms with E-state index in [1.54, 1.807) is 12.1 Å². The lowest BCUT2D eigenvalue weighted by Gasteiger charge is -2.10. The van der Waals surface area contributed by atoms with Crippen molar-refractivity contribution in [3.8, 4) is 5.75 Å². The van der Waals surface area contributed by atoms with Crippen LogP contribution in [0.15, 0.2) is 42.6 Å². The van der Waals surface area contributed by atoms with Crippen LogP contribution < -0.4 is 10.1 Å². The summed E-state index contributed by atoms with van der Waals surface area (Å²) in [6.07, 6.45) is -0.616. The van der Waals surface area contributed by atoms with Crippen LogP contribution in [0.1, 0.15) is 34.5 Å². The van der Waals surface area contributed by atoms with E-state index >= 15 is 0 Å². The Hall–Kier alpha value is -2.57. The second-order valence-corrected chi connectivity index (χ2v) is 6.02. The van der Waals surface area contributed by atoms with Gasteiger partial charge in [-0.25, -0.2) is 0 Å². The molecule has 0 unspecified atom stereocenters. The lowest BCUT2D eigenvalue weighted by molar-refractivity contribution is -0.137. The summed E-state index contributed by atoms with van der Waals surface area (Å²) in [7, 11) is 0. The molecule has 0 spiro atoms. The van der Waals surface area contributed by atoms with Gasteiger partial charge in [-0.3, -0.25) is 9.78 Å². The fourth-order valence-electron chi connectivity index (χ4n) is 2.22. The summed E-state index contributed by atoms with van der Waals surface area (Å²) < 4.78 is 43.4. The molecule has 1 aliphatic carbocycles. The van der Waals surface area contributed by atoms with Crippen molar-refractivity contribution in [3.63, 3.8) is 0 Å². The normalized spacial score (nSPS) is 14.2. The number of carbonyl (C=O) groups excluding carboxylic acids is 1. The van der Waals surface area contributed by atoms with Crippen molar-refractivity contribution in [1.29, 1.82) is 0 Å². The third kappa shape index (κ3) is 4.95. The summed E-state index contributed by atoms with van der Waals surface area (Å²) in [5.74, 6) is 0.488. The largest absolute Gasteiger partial charge is 0.489 e. The van der Waals surface area contributed by atoms with Crippen LogP contribution in [0.4, 0.5) is 13.2 Å². The molecular formula is C18H17F3N2O2. The number of alkyl halides is 3. The molecule has 0 saturated heterocycles. The van der Waals surface area contributed by atoms with Gasteiger partial charge in [-0.2, -0.15) is 13.2 Å². The number of nitrogens with zero attached hydrogens (tertiary/aromatic N) is 1. The quantitative estimate of drug-likeness (QED) is 0.862. The molecule has 1 fully saturated rings. The van der Waals surface area contributed by atoms with Gasteiger partial charge in [-0.1, -0.05) is 12.1 Å². The Kier molecular flexibility index (Phi) is 4.92. The van der Waals surface area contributed by atoms with Crippen molar-refractivity contribution in [2.24, 2.45) is 5.92 Å². The van der Waals surface area contributed by atoms with Gasteiger partial charge >= 0.3 is 6.18 Å². The number of hydrogen-bond acceptors (Lipinski definition) is 3. The molecule has 25 heavy (non-hydrogen) atoms. The second kappa shape index (κ2) is 7.13. The van der Waals surface area contributed by atoms with E-state index in [1.165, 1.54) is 18.3 Å². The van der Waals surface area contributed by atoms with Crippen molar-refractivity contribution >= 4 is 5.91 Å². The van der Waals surface area contributed by atoms with Gasteiger partial charge in [0.2, 0.25) is 0 Å². The van der Waals surface area contributed by atoms with Crippen LogP contribution in [0.3, 0.4) is 0 Å². The van der Waals surface area contributed by atoms with Gasteiger partial charge in [0.1, 0.15) is 18.1 Å². The highest BCUT2D eigenvalue weighted by Crippen LogP contribution is 2.31. The van der Waals surface area contributed by atoms with E-state index in [4.69, 9.17) is 4.74 Å². The predicted molar refractivity (Wildman–Crippen MR) is 85.1 cm³/mol. The van der Waals surface area contributed by atoms with Crippen molar-refractivity contribution in [2.45, 2.75) is 25.6 Å². The van der Waals surface area contributed by atoms with E-state index in [-0.39, 0.29) is 18.3 Å². The first-order valence-electron chi connectivity index (χ1n) is 7.95. The second-order valence-electron chi connectivity index (χ2n) is 6.02. The molecule has 1 heterocycles. The minimum atomic E-state index is -4.41. The highest BCUT2D eigenvalue weighted by Gasteiger charge is 2.30. The van der Waals surface area contributed by atoms with Gasteiger partial charge in [0.25, 0.3) is 5.91 Å². The molecule has 1 N–H and O–H groups in total. The number of hydrogen-bond donors (Lipinski definition) is 1. The summed E-state index contributed by atoms with van der Waals surface area (Å²) >= 11 is 0. The Morgan fingerprint density at radius 2 is 2.04 bits per heavy atom. The zero-order valence-electron chi connectivity index (χ0n) is 13.3. The van der Waals surface area contributed by atoms with Crippen LogP contribution >= 0.6 is 0 Å². The zero-order chi connectivity index (χ0) is 17.9. The van der Waals surface area contributed by atoms with Gasteiger partial charge in [-0.05, 0) is 43.0 Å². The third-order valence-corrected chi connectivity index (χ3v) is 3.87. The van der Waals surface area contributed by atoms with Gasteiger partial charge in [0.05, 0.1) is 5.56 Å². The monoisotopic (exact) mass is 350 g/mol. The van der Waals surface area contributed by atoms with E-state index in [2.05, 4.69) is 10.3 Å². The summed E-state index contributed by atoms with van der Waals surface area (Å²) in [4.78, 5) is 16.0. The Balaban J connectivity index is 1.55. The summed E-state index contributed by atoms with van der Waals surface area (Å²) in [5, 5.41) is 2.82. The van der Waals surface area contributed by atoms with E-state index < -0.39 is 11.7 Å². The molecule has 1 aromatic carbocycles. The maximum atomic E-state index is 12.7. The maximum absolute atomic E-state index is 12.7. The number of ether oxygens (including phenoxy) is 1. The fourth-order valence-corrected chi connectivity index (χ4v) is 2.22. The predicted octanol–water partition coefficient (Wildman–Crippen LogP) is 3.82. The molecule has 1 aliphatic rings. The van der Waals surface area contributed by atoms with Gasteiger partial charge in [-0.15, -0.1) is 0 Å². The summed E-state index contributed by atoms with van der Waals surface area (Å²) in [6.45, 7) is 0.735. The van der Waals surface area contributed by atoms with E-state index in [1.807, 2.05) is 0 Å². The van der Waals surface area contributed by atoms with Gasteiger partial charge < -0.3 is 10.1 Å². The SMILES string of the molecule is O=C(NCC1CC1)c1ccc(COc2cccc(C(F)(F)F)c2)cn1. The first-order valence-corrected chi connectivity index (χ1v) is 7.95. The molecule has 132 valence electrons. The fraction of sp³-hybridized carbons (Fsp3) is 0.333. The third-order valence-electron chi connectivity index (χ3n) is 3.87. The lowest BCUT2D eigenvalue weighted by Crippen LogP contribution is -2.26. The lowest BCUT2D eigenvalue weighted by atomic mass is 10.2. The van der Waals surface area contributed by atoms with E-state index in [9.17, 15) is 18.0 Å². The molecule has 2 aromatic rings. The smallest absolute Gasteiger partial charge is 0.416 e. The van der Waals surface area contributed by atoms with Crippen LogP contribution in [-0.4, -0.2) is 17.4 Å². The minimum absolute atomic E-state index is 0.0677. The average molecular weight is 350 g/mol. The van der Waals surface area contributed by atoms with Crippen LogP contribution in [0, 0.1) is 5.92 Å². The molecule has 0 bridgehead atoms. The number of pyridine rings is 1. The molecular weight excluding hydrogens is 333 g/mol. The van der Waals surface area contributed by atoms with Crippen molar-refractivity contribution < 1.29 is 22.7 Å². The number of aromatic nitrogens is 1. The summed E-state index contributed by atoms with van der Waals surface area (Å²) in [5.41, 5.74) is 0.213. The Morgan fingerprint density at radius 1 is 1.24 bits per heavy atom. The number of carbonyl (C=O) groups is 1. The Labute approximate surface area is 143 Å². The molecule has 1 aromatic heterocycles. The zero-order valence-corrected chi connectivity index (χ0v) is 13.3. The topological polar surface area (TPSA) is 51.2 Å². The maximum Gasteiger partial charge on any atom is 0.416 e. The van der Waals surface area contributed by atoms with Crippen molar-refractivity contribution in [1.82, 2.24) is 10.3 Å². The number of rotatable bonds is 6. The first kappa shape index (κ1) is 17.3. The Morgan fingerprint density at radius 3 is 2.68 bits per heavy atom. The molecule has 0 aliphatic heterocycles. The highest BCUT2D eigenvalue weighted by molar-refractivity contribution is 5.92. The molecule has 0 radical (unpaired) electrons. The number of nitrogens with one attached hydrogen (secondary N) is 1. The molecule has 1 amide bonds. The van der Waals surface area contributed by atoms with Crippen LogP contribution in [0.2, 0.25) is 0 Å². The van der Waals surface area contributed by atoms with Crippen molar-refractivity contribution in [2.75, 3.05) is 6.54 Å². The van der Waals surface area contributed by atoms with Crippen LogP contribution in [-0.2, 0) is 12.8 Å². The summed E-state index contributed by atoms with van der Waals surface area (Å²) in [6, 6.07) is 7.95. The highest BCUT2D eigenvalue weighted by atomic mass is 19.4. The minimum Gasteiger partial charge on any atom is -0.489 e. The van der Waals surface area contributed by atoms with Crippen LogP contribution in [0.25, 0.3) is 0 Å². The first-order chi connectivity index (χ1) is 11.9. The molecule has 7 heteroatoms. The number of benzene rings is 1. The molecule has 3 rings (SSSR count). The van der Waals surface area contributed by atoms with E-state index in [0.29, 0.717) is 23.7 Å². The van der Waals surface area contributed by atoms with Gasteiger partial charge in [0.15, 0.2) is 0 Å². The number of halogens is 3. The average Bonchev–Trinajstić information content (AvgIpc) is 3.42. The van der Waals surface area contributed by atoms with Crippen LogP contribution in [0.5, 0.6) is 5.75 Å². The molecule has 0 atom stereocenters. The number of amides is 1. The van der Waals surface area contributed by atoms with Crippen molar-refractivity contribution in [3.05, 3.63) is 59.4 Å². The van der Waals surface area contributed by atoms with E-state index in [0.717, 1.165) is 25.0 Å². The standard InChI is InChI=1S/C18H17F3N2O2/c19-18(20,21)14-2-1-3-15(8-14)25-11-13-6-7-16(22-10-13)17(24)23-9-12-4-5-12/h1-3,6-8,10,12H,4-5,9,11H2,(H,23,24). The molecule has 4 nitrogen and oxygen atoms in total.